The zero-order valence-electron chi connectivity index (χ0n) is 20.1. The molecule has 3 aromatic rings. The lowest BCUT2D eigenvalue weighted by Gasteiger charge is -2.24. The highest BCUT2D eigenvalue weighted by Crippen LogP contribution is 2.66. The summed E-state index contributed by atoms with van der Waals surface area (Å²) in [6, 6.07) is 12.4. The molecule has 3 aliphatic rings. The molecule has 1 aromatic heterocycles. The minimum atomic E-state index is -0.864. The van der Waals surface area contributed by atoms with E-state index in [0.717, 1.165) is 24.2 Å². The van der Waals surface area contributed by atoms with E-state index in [1.54, 1.807) is 13.2 Å². The van der Waals surface area contributed by atoms with Crippen molar-refractivity contribution in [2.45, 2.75) is 61.7 Å². The van der Waals surface area contributed by atoms with Gasteiger partial charge < -0.3 is 14.4 Å². The van der Waals surface area contributed by atoms with Crippen molar-refractivity contribution in [2.75, 3.05) is 21.2 Å². The molecule has 2 fully saturated rings. The summed E-state index contributed by atoms with van der Waals surface area (Å²) in [4.78, 5) is 11.9. The van der Waals surface area contributed by atoms with Crippen LogP contribution in [0.25, 0.3) is 22.2 Å². The SMILES string of the molecule is COc1ccc2c(c1)C1CC1(SN(C)C)Cn1c-2c(C2CCCCC2)c2ccc(C(=O)O)cc21. The molecule has 5 nitrogen and oxygen atoms in total. The van der Waals surface area contributed by atoms with E-state index in [1.807, 2.05) is 18.0 Å². The van der Waals surface area contributed by atoms with Gasteiger partial charge in [-0.15, -0.1) is 0 Å². The largest absolute Gasteiger partial charge is 0.497 e. The minimum absolute atomic E-state index is 0.0743. The Kier molecular flexibility index (Phi) is 5.23. The van der Waals surface area contributed by atoms with Gasteiger partial charge in [-0.2, -0.15) is 0 Å². The van der Waals surface area contributed by atoms with Gasteiger partial charge in [0.2, 0.25) is 0 Å². The maximum Gasteiger partial charge on any atom is 0.335 e. The van der Waals surface area contributed by atoms with Crippen molar-refractivity contribution in [3.05, 3.63) is 53.1 Å². The molecule has 178 valence electrons. The molecule has 2 saturated carbocycles. The van der Waals surface area contributed by atoms with Crippen LogP contribution in [0.4, 0.5) is 0 Å². The molecule has 0 radical (unpaired) electrons. The number of aromatic nitrogens is 1. The van der Waals surface area contributed by atoms with E-state index in [-0.39, 0.29) is 4.75 Å². The molecule has 6 heteroatoms. The van der Waals surface area contributed by atoms with Crippen LogP contribution in [0.1, 0.15) is 71.8 Å². The fourth-order valence-electron chi connectivity index (χ4n) is 6.56. The van der Waals surface area contributed by atoms with Crippen LogP contribution >= 0.6 is 11.9 Å². The van der Waals surface area contributed by atoms with Crippen molar-refractivity contribution in [1.29, 1.82) is 0 Å². The third kappa shape index (κ3) is 3.37. The van der Waals surface area contributed by atoms with E-state index in [2.05, 4.69) is 47.2 Å². The van der Waals surface area contributed by atoms with Gasteiger partial charge >= 0.3 is 5.97 Å². The van der Waals surface area contributed by atoms with Crippen molar-refractivity contribution >= 4 is 28.8 Å². The predicted molar refractivity (Wildman–Crippen MR) is 138 cm³/mol. The number of methoxy groups -OCH3 is 1. The maximum absolute atomic E-state index is 11.9. The highest BCUT2D eigenvalue weighted by atomic mass is 32.2. The number of hydrogen-bond acceptors (Lipinski definition) is 4. The molecule has 1 N–H and O–H groups in total. The fraction of sp³-hybridized carbons (Fsp3) is 0.464. The number of benzene rings is 2. The number of carboxylic acids is 1. The Labute approximate surface area is 205 Å². The monoisotopic (exact) mass is 476 g/mol. The third-order valence-corrected chi connectivity index (χ3v) is 9.38. The van der Waals surface area contributed by atoms with Gasteiger partial charge in [0, 0.05) is 28.9 Å². The van der Waals surface area contributed by atoms with E-state index < -0.39 is 5.97 Å². The second-order valence-corrected chi connectivity index (χ2v) is 12.1. The van der Waals surface area contributed by atoms with E-state index in [9.17, 15) is 9.90 Å². The predicted octanol–water partition coefficient (Wildman–Crippen LogP) is 6.51. The summed E-state index contributed by atoms with van der Waals surface area (Å²) < 4.78 is 10.4. The Morgan fingerprint density at radius 1 is 1.15 bits per heavy atom. The highest BCUT2D eigenvalue weighted by Gasteiger charge is 2.59. The molecule has 6 rings (SSSR count). The van der Waals surface area contributed by atoms with Gasteiger partial charge in [0.05, 0.1) is 23.1 Å². The van der Waals surface area contributed by atoms with Gasteiger partial charge in [0.25, 0.3) is 0 Å². The number of nitrogens with zero attached hydrogens (tertiary/aromatic N) is 2. The van der Waals surface area contributed by atoms with Crippen molar-refractivity contribution in [1.82, 2.24) is 8.87 Å². The topological polar surface area (TPSA) is 54.7 Å². The van der Waals surface area contributed by atoms with Crippen molar-refractivity contribution in [2.24, 2.45) is 0 Å². The zero-order valence-corrected chi connectivity index (χ0v) is 21.0. The summed E-state index contributed by atoms with van der Waals surface area (Å²) in [6.07, 6.45) is 7.38. The first-order valence-corrected chi connectivity index (χ1v) is 13.1. The van der Waals surface area contributed by atoms with E-state index in [0.29, 0.717) is 17.4 Å². The standard InChI is InChI=1S/C28H32N2O3S/c1-29(2)34-28-15-23(28)22-14-19(33-3)10-12-20(22)26-25(17-7-5-4-6-8-17)21-11-9-18(27(31)32)13-24(21)30(26)16-28/h9-14,17,23H,4-8,15-16H2,1-3H3,(H,31,32). The van der Waals surface area contributed by atoms with E-state index >= 15 is 0 Å². The molecule has 2 atom stereocenters. The van der Waals surface area contributed by atoms with Crippen LogP contribution < -0.4 is 4.74 Å². The molecule has 2 unspecified atom stereocenters. The Bertz CT molecular complexity index is 1290. The Morgan fingerprint density at radius 2 is 1.94 bits per heavy atom. The minimum Gasteiger partial charge on any atom is -0.497 e. The van der Waals surface area contributed by atoms with Crippen molar-refractivity contribution < 1.29 is 14.6 Å². The molecular formula is C28H32N2O3S. The smallest absolute Gasteiger partial charge is 0.335 e. The average molecular weight is 477 g/mol. The van der Waals surface area contributed by atoms with Crippen LogP contribution in [0.3, 0.4) is 0 Å². The van der Waals surface area contributed by atoms with Gasteiger partial charge in [0.15, 0.2) is 0 Å². The summed E-state index contributed by atoms with van der Waals surface area (Å²) in [7, 11) is 5.98. The van der Waals surface area contributed by atoms with Crippen LogP contribution in [-0.4, -0.2) is 45.9 Å². The van der Waals surface area contributed by atoms with Crippen LogP contribution in [0, 0.1) is 0 Å². The second kappa shape index (κ2) is 8.06. The first-order valence-electron chi connectivity index (χ1n) is 12.4. The molecule has 0 saturated heterocycles. The molecule has 2 heterocycles. The first-order chi connectivity index (χ1) is 16.4. The van der Waals surface area contributed by atoms with Gasteiger partial charge in [-0.05, 0) is 80.7 Å². The Morgan fingerprint density at radius 3 is 2.65 bits per heavy atom. The number of rotatable bonds is 5. The Balaban J connectivity index is 1.66. The van der Waals surface area contributed by atoms with Crippen LogP contribution in [0.15, 0.2) is 36.4 Å². The lowest BCUT2D eigenvalue weighted by Crippen LogP contribution is -2.20. The normalized spacial score (nSPS) is 23.8. The third-order valence-electron chi connectivity index (χ3n) is 8.07. The molecule has 2 aliphatic carbocycles. The molecule has 0 bridgehead atoms. The van der Waals surface area contributed by atoms with Crippen LogP contribution in [0.5, 0.6) is 5.75 Å². The first kappa shape index (κ1) is 22.1. The van der Waals surface area contributed by atoms with Crippen LogP contribution in [-0.2, 0) is 6.54 Å². The van der Waals surface area contributed by atoms with Gasteiger partial charge in [0.1, 0.15) is 5.75 Å². The summed E-state index contributed by atoms with van der Waals surface area (Å²) in [5, 5.41) is 11.0. The Hall–Kier alpha value is -2.44. The van der Waals surface area contributed by atoms with Crippen molar-refractivity contribution in [3.8, 4) is 17.0 Å². The fourth-order valence-corrected chi connectivity index (χ4v) is 7.97. The number of carbonyl (C=O) groups is 1. The van der Waals surface area contributed by atoms with E-state index in [4.69, 9.17) is 4.74 Å². The number of aromatic carboxylic acids is 1. The summed E-state index contributed by atoms with van der Waals surface area (Å²) in [5.74, 6) is 1.02. The maximum atomic E-state index is 11.9. The molecule has 34 heavy (non-hydrogen) atoms. The number of fused-ring (bicyclic) bond motifs is 7. The molecular weight excluding hydrogens is 444 g/mol. The average Bonchev–Trinajstić information content (AvgIpc) is 3.45. The summed E-state index contributed by atoms with van der Waals surface area (Å²) in [6.45, 7) is 0.888. The number of carboxylic acid groups (broad SMARTS) is 1. The van der Waals surface area contributed by atoms with Gasteiger partial charge in [-0.1, -0.05) is 37.3 Å². The van der Waals surface area contributed by atoms with E-state index in [1.165, 1.54) is 59.9 Å². The summed E-state index contributed by atoms with van der Waals surface area (Å²) in [5.41, 5.74) is 6.87. The zero-order chi connectivity index (χ0) is 23.6. The van der Waals surface area contributed by atoms with Gasteiger partial charge in [-0.25, -0.2) is 4.79 Å². The quantitative estimate of drug-likeness (QED) is 0.425. The van der Waals surface area contributed by atoms with Crippen molar-refractivity contribution in [3.63, 3.8) is 0 Å². The lowest BCUT2D eigenvalue weighted by atomic mass is 9.81. The van der Waals surface area contributed by atoms with Crippen LogP contribution in [0.2, 0.25) is 0 Å². The molecule has 2 aromatic carbocycles. The highest BCUT2D eigenvalue weighted by molar-refractivity contribution is 7.98. The second-order valence-electron chi connectivity index (χ2n) is 10.4. The number of ether oxygens (including phenoxy) is 1. The lowest BCUT2D eigenvalue weighted by molar-refractivity contribution is 0.0697. The van der Waals surface area contributed by atoms with Gasteiger partial charge in [-0.3, -0.25) is 4.31 Å². The molecule has 0 amide bonds. The molecule has 0 spiro atoms. The number of hydrogen-bond donors (Lipinski definition) is 1. The summed E-state index contributed by atoms with van der Waals surface area (Å²) >= 11 is 1.92. The molecule has 1 aliphatic heterocycles.